The van der Waals surface area contributed by atoms with Gasteiger partial charge in [-0.25, -0.2) is 12.7 Å². The van der Waals surface area contributed by atoms with Crippen LogP contribution >= 0.6 is 0 Å². The first-order valence-electron chi connectivity index (χ1n) is 6.57. The second-order valence-electron chi connectivity index (χ2n) is 4.97. The Kier molecular flexibility index (Phi) is 4.59. The summed E-state index contributed by atoms with van der Waals surface area (Å²) in [5.41, 5.74) is 3.16. The lowest BCUT2D eigenvalue weighted by Crippen LogP contribution is -2.22. The number of nitrogens with one attached hydrogen (secondary N) is 1. The molecule has 0 fully saturated rings. The van der Waals surface area contributed by atoms with Crippen LogP contribution in [0.25, 0.3) is 0 Å². The van der Waals surface area contributed by atoms with Crippen molar-refractivity contribution in [3.8, 4) is 0 Å². The number of pyridine rings is 1. The molecule has 2 aromatic rings. The highest BCUT2D eigenvalue weighted by atomic mass is 32.2. The maximum Gasteiger partial charge on any atom is 0.242 e. The van der Waals surface area contributed by atoms with E-state index in [0.29, 0.717) is 6.54 Å². The minimum absolute atomic E-state index is 0.288. The normalized spacial score (nSPS) is 11.6. The molecular weight excluding hydrogens is 286 g/mol. The Morgan fingerprint density at radius 2 is 1.81 bits per heavy atom. The van der Waals surface area contributed by atoms with Gasteiger partial charge in [-0.05, 0) is 48.4 Å². The largest absolute Gasteiger partial charge is 0.381 e. The summed E-state index contributed by atoms with van der Waals surface area (Å²) in [6.07, 6.45) is 3.59. The molecule has 0 amide bonds. The lowest BCUT2D eigenvalue weighted by molar-refractivity contribution is 0.521. The average molecular weight is 305 g/mol. The zero-order valence-corrected chi connectivity index (χ0v) is 13.2. The molecule has 1 N–H and O–H groups in total. The third-order valence-electron chi connectivity index (χ3n) is 3.26. The Hall–Kier alpha value is -1.92. The van der Waals surface area contributed by atoms with Crippen LogP contribution in [0, 0.1) is 6.92 Å². The molecule has 0 aliphatic heterocycles. The molecule has 1 aromatic carbocycles. The van der Waals surface area contributed by atoms with Crippen LogP contribution in [0.2, 0.25) is 0 Å². The predicted octanol–water partition coefficient (Wildman–Crippen LogP) is 2.25. The topological polar surface area (TPSA) is 62.3 Å². The van der Waals surface area contributed by atoms with Crippen molar-refractivity contribution >= 4 is 15.7 Å². The van der Waals surface area contributed by atoms with Crippen molar-refractivity contribution in [2.24, 2.45) is 0 Å². The summed E-state index contributed by atoms with van der Waals surface area (Å²) in [6, 6.07) is 8.70. The first-order chi connectivity index (χ1) is 9.91. The molecule has 0 aliphatic carbocycles. The number of benzene rings is 1. The minimum atomic E-state index is -3.37. The highest BCUT2D eigenvalue weighted by Gasteiger charge is 2.16. The van der Waals surface area contributed by atoms with Gasteiger partial charge in [0.1, 0.15) is 0 Å². The van der Waals surface area contributed by atoms with Crippen LogP contribution in [-0.4, -0.2) is 31.8 Å². The van der Waals surface area contributed by atoms with E-state index in [-0.39, 0.29) is 4.90 Å². The molecule has 112 valence electrons. The third-order valence-corrected chi connectivity index (χ3v) is 5.09. The first kappa shape index (κ1) is 15.5. The van der Waals surface area contributed by atoms with Gasteiger partial charge in [0.05, 0.1) is 4.90 Å². The molecule has 1 aromatic heterocycles. The summed E-state index contributed by atoms with van der Waals surface area (Å²) >= 11 is 0. The molecule has 0 saturated heterocycles. The smallest absolute Gasteiger partial charge is 0.242 e. The summed E-state index contributed by atoms with van der Waals surface area (Å²) in [4.78, 5) is 4.39. The molecule has 2 rings (SSSR count). The first-order valence-corrected chi connectivity index (χ1v) is 8.01. The fourth-order valence-electron chi connectivity index (χ4n) is 1.83. The molecule has 5 nitrogen and oxygen atoms in total. The minimum Gasteiger partial charge on any atom is -0.381 e. The summed E-state index contributed by atoms with van der Waals surface area (Å²) in [5.74, 6) is 0. The predicted molar refractivity (Wildman–Crippen MR) is 83.6 cm³/mol. The van der Waals surface area contributed by atoms with E-state index in [1.807, 2.05) is 19.2 Å². The van der Waals surface area contributed by atoms with Gasteiger partial charge in [-0.1, -0.05) is 0 Å². The molecule has 0 atom stereocenters. The maximum atomic E-state index is 12.0. The van der Waals surface area contributed by atoms with Crippen molar-refractivity contribution in [1.29, 1.82) is 0 Å². The monoisotopic (exact) mass is 305 g/mol. The number of aromatic nitrogens is 1. The van der Waals surface area contributed by atoms with E-state index in [1.165, 1.54) is 24.0 Å². The number of hydrogen-bond donors (Lipinski definition) is 1. The van der Waals surface area contributed by atoms with Gasteiger partial charge in [0.15, 0.2) is 0 Å². The fraction of sp³-hybridized carbons (Fsp3) is 0.267. The Balaban J connectivity index is 2.09. The van der Waals surface area contributed by atoms with Crippen molar-refractivity contribution in [3.05, 3.63) is 53.9 Å². The Morgan fingerprint density at radius 3 is 2.38 bits per heavy atom. The van der Waals surface area contributed by atoms with Crippen molar-refractivity contribution in [1.82, 2.24) is 9.29 Å². The van der Waals surface area contributed by atoms with E-state index in [9.17, 15) is 8.42 Å². The average Bonchev–Trinajstić information content (AvgIpc) is 2.46. The Bertz CT molecular complexity index is 710. The number of nitrogens with zero attached hydrogens (tertiary/aromatic N) is 2. The van der Waals surface area contributed by atoms with E-state index in [0.717, 1.165) is 11.3 Å². The molecule has 0 radical (unpaired) electrons. The summed E-state index contributed by atoms with van der Waals surface area (Å²) in [6.45, 7) is 2.69. The van der Waals surface area contributed by atoms with Gasteiger partial charge in [0.2, 0.25) is 10.0 Å². The highest BCUT2D eigenvalue weighted by Crippen LogP contribution is 2.17. The number of sulfonamides is 1. The highest BCUT2D eigenvalue weighted by molar-refractivity contribution is 7.89. The standard InChI is InChI=1S/C15H19N3O2S/c1-12-8-9-16-10-13(12)11-17-14-4-6-15(7-5-14)21(19,20)18(2)3/h4-10,17H,11H2,1-3H3. The van der Waals surface area contributed by atoms with E-state index < -0.39 is 10.0 Å². The van der Waals surface area contributed by atoms with Gasteiger partial charge in [0.25, 0.3) is 0 Å². The van der Waals surface area contributed by atoms with Gasteiger partial charge in [-0.3, -0.25) is 4.98 Å². The second-order valence-corrected chi connectivity index (χ2v) is 7.12. The molecule has 0 saturated carbocycles. The lowest BCUT2D eigenvalue weighted by atomic mass is 10.1. The Labute approximate surface area is 125 Å². The zero-order valence-electron chi connectivity index (χ0n) is 12.4. The van der Waals surface area contributed by atoms with Crippen molar-refractivity contribution in [3.63, 3.8) is 0 Å². The number of rotatable bonds is 5. The number of anilines is 1. The second kappa shape index (κ2) is 6.24. The van der Waals surface area contributed by atoms with Crippen LogP contribution in [-0.2, 0) is 16.6 Å². The summed E-state index contributed by atoms with van der Waals surface area (Å²) in [5, 5.41) is 3.26. The van der Waals surface area contributed by atoms with Crippen molar-refractivity contribution < 1.29 is 8.42 Å². The maximum absolute atomic E-state index is 12.0. The van der Waals surface area contributed by atoms with Gasteiger partial charge >= 0.3 is 0 Å². The van der Waals surface area contributed by atoms with Gasteiger partial charge < -0.3 is 5.32 Å². The van der Waals surface area contributed by atoms with Crippen LogP contribution in [0.5, 0.6) is 0 Å². The number of hydrogen-bond acceptors (Lipinski definition) is 4. The molecular formula is C15H19N3O2S. The quantitative estimate of drug-likeness (QED) is 0.920. The molecule has 0 bridgehead atoms. The molecule has 0 aliphatic rings. The van der Waals surface area contributed by atoms with Gasteiger partial charge in [-0.15, -0.1) is 0 Å². The van der Waals surface area contributed by atoms with E-state index in [4.69, 9.17) is 0 Å². The Morgan fingerprint density at radius 1 is 1.14 bits per heavy atom. The molecule has 21 heavy (non-hydrogen) atoms. The van der Waals surface area contributed by atoms with Crippen LogP contribution in [0.1, 0.15) is 11.1 Å². The molecule has 0 spiro atoms. The fourth-order valence-corrected chi connectivity index (χ4v) is 2.74. The summed E-state index contributed by atoms with van der Waals surface area (Å²) in [7, 11) is -0.331. The SMILES string of the molecule is Cc1ccncc1CNc1ccc(S(=O)(=O)N(C)C)cc1. The summed E-state index contributed by atoms with van der Waals surface area (Å²) < 4.78 is 25.1. The van der Waals surface area contributed by atoms with Crippen molar-refractivity contribution in [2.45, 2.75) is 18.4 Å². The van der Waals surface area contributed by atoms with E-state index >= 15 is 0 Å². The van der Waals surface area contributed by atoms with Crippen LogP contribution < -0.4 is 5.32 Å². The van der Waals surface area contributed by atoms with Crippen molar-refractivity contribution in [2.75, 3.05) is 19.4 Å². The molecule has 0 unspecified atom stereocenters. The van der Waals surface area contributed by atoms with Crippen LogP contribution in [0.15, 0.2) is 47.6 Å². The van der Waals surface area contributed by atoms with Gasteiger partial charge in [0, 0.05) is 38.7 Å². The molecule has 1 heterocycles. The lowest BCUT2D eigenvalue weighted by Gasteiger charge is -2.12. The van der Waals surface area contributed by atoms with Crippen LogP contribution in [0.4, 0.5) is 5.69 Å². The third kappa shape index (κ3) is 3.59. The molecule has 6 heteroatoms. The zero-order chi connectivity index (χ0) is 15.5. The van der Waals surface area contributed by atoms with Gasteiger partial charge in [-0.2, -0.15) is 0 Å². The van der Waals surface area contributed by atoms with E-state index in [1.54, 1.807) is 30.5 Å². The van der Waals surface area contributed by atoms with Crippen LogP contribution in [0.3, 0.4) is 0 Å². The van der Waals surface area contributed by atoms with E-state index in [2.05, 4.69) is 10.3 Å². The number of aryl methyl sites for hydroxylation is 1.